The van der Waals surface area contributed by atoms with Gasteiger partial charge in [-0.05, 0) is 57.5 Å². The van der Waals surface area contributed by atoms with Gasteiger partial charge in [-0.25, -0.2) is 4.98 Å². The van der Waals surface area contributed by atoms with Gasteiger partial charge >= 0.3 is 0 Å². The van der Waals surface area contributed by atoms with Gasteiger partial charge in [0.15, 0.2) is 0 Å². The first-order valence-electron chi connectivity index (χ1n) is 7.56. The Kier molecular flexibility index (Phi) is 4.13. The van der Waals surface area contributed by atoms with E-state index in [0.717, 1.165) is 12.1 Å². The molecule has 0 bridgehead atoms. The first-order chi connectivity index (χ1) is 9.43. The molecule has 3 rings (SSSR count). The van der Waals surface area contributed by atoms with Crippen molar-refractivity contribution in [1.82, 2.24) is 14.5 Å². The van der Waals surface area contributed by atoms with Crippen LogP contribution in [0.5, 0.6) is 0 Å². The summed E-state index contributed by atoms with van der Waals surface area (Å²) >= 11 is 0. The number of hydrogen-bond donors (Lipinski definition) is 0. The van der Waals surface area contributed by atoms with Crippen LogP contribution >= 0.6 is 0 Å². The number of piperidine rings is 1. The van der Waals surface area contributed by atoms with Crippen LogP contribution in [0.15, 0.2) is 30.6 Å². The van der Waals surface area contributed by atoms with E-state index in [4.69, 9.17) is 0 Å². The Morgan fingerprint density at radius 1 is 0.947 bits per heavy atom. The lowest BCUT2D eigenvalue weighted by Gasteiger charge is -2.26. The Balaban J connectivity index is 1.47. The standard InChI is InChI=1S/C16H23N3/c1-4-10-18(11-5-1)12-6-7-13-19-14-17-15-8-2-3-9-16(15)19/h2-3,8-9,14H,1,4-7,10-13H2. The van der Waals surface area contributed by atoms with Crippen molar-refractivity contribution in [1.29, 1.82) is 0 Å². The van der Waals surface area contributed by atoms with Crippen LogP contribution in [0.2, 0.25) is 0 Å². The molecule has 0 amide bonds. The van der Waals surface area contributed by atoms with Crippen LogP contribution in [0.25, 0.3) is 11.0 Å². The Morgan fingerprint density at radius 2 is 1.74 bits per heavy atom. The molecule has 0 aliphatic carbocycles. The predicted octanol–water partition coefficient (Wildman–Crippen LogP) is 3.30. The lowest BCUT2D eigenvalue weighted by molar-refractivity contribution is 0.223. The van der Waals surface area contributed by atoms with Crippen molar-refractivity contribution in [3.63, 3.8) is 0 Å². The lowest BCUT2D eigenvalue weighted by Crippen LogP contribution is -2.30. The third kappa shape index (κ3) is 3.16. The third-order valence-electron chi connectivity index (χ3n) is 4.10. The molecule has 0 saturated carbocycles. The number of imidazole rings is 1. The number of unbranched alkanes of at least 4 members (excludes halogenated alkanes) is 1. The van der Waals surface area contributed by atoms with Crippen molar-refractivity contribution in [2.75, 3.05) is 19.6 Å². The SMILES string of the molecule is c1ccc2c(c1)ncn2CCCCN1CCCCC1. The molecule has 0 unspecified atom stereocenters. The van der Waals surface area contributed by atoms with E-state index in [1.165, 1.54) is 57.3 Å². The molecule has 1 aromatic carbocycles. The maximum atomic E-state index is 4.44. The molecule has 1 saturated heterocycles. The summed E-state index contributed by atoms with van der Waals surface area (Å²) in [5.41, 5.74) is 2.37. The Hall–Kier alpha value is -1.35. The number of aromatic nitrogens is 2. The molecule has 2 aromatic rings. The monoisotopic (exact) mass is 257 g/mol. The molecule has 102 valence electrons. The zero-order valence-corrected chi connectivity index (χ0v) is 11.6. The van der Waals surface area contributed by atoms with Crippen LogP contribution < -0.4 is 0 Å². The number of likely N-dealkylation sites (tertiary alicyclic amines) is 1. The minimum Gasteiger partial charge on any atom is -0.331 e. The summed E-state index contributed by atoms with van der Waals surface area (Å²) in [7, 11) is 0. The van der Waals surface area contributed by atoms with Gasteiger partial charge in [0.2, 0.25) is 0 Å². The van der Waals surface area contributed by atoms with E-state index in [0.29, 0.717) is 0 Å². The molecule has 1 aliphatic rings. The number of fused-ring (bicyclic) bond motifs is 1. The molecule has 0 radical (unpaired) electrons. The van der Waals surface area contributed by atoms with E-state index < -0.39 is 0 Å². The highest BCUT2D eigenvalue weighted by atomic mass is 15.1. The summed E-state index contributed by atoms with van der Waals surface area (Å²) in [4.78, 5) is 7.06. The zero-order valence-electron chi connectivity index (χ0n) is 11.6. The Bertz CT molecular complexity index is 511. The van der Waals surface area contributed by atoms with E-state index in [-0.39, 0.29) is 0 Å². The zero-order chi connectivity index (χ0) is 12.9. The average Bonchev–Trinajstić information content (AvgIpc) is 2.88. The highest BCUT2D eigenvalue weighted by molar-refractivity contribution is 5.74. The van der Waals surface area contributed by atoms with Crippen molar-refractivity contribution >= 4 is 11.0 Å². The van der Waals surface area contributed by atoms with Crippen molar-refractivity contribution in [2.24, 2.45) is 0 Å². The fourth-order valence-corrected chi connectivity index (χ4v) is 2.99. The quantitative estimate of drug-likeness (QED) is 0.766. The van der Waals surface area contributed by atoms with E-state index in [1.807, 2.05) is 6.33 Å². The molecule has 1 fully saturated rings. The van der Waals surface area contributed by atoms with Gasteiger partial charge in [-0.3, -0.25) is 0 Å². The summed E-state index contributed by atoms with van der Waals surface area (Å²) in [6, 6.07) is 8.39. The van der Waals surface area contributed by atoms with Crippen molar-refractivity contribution in [3.8, 4) is 0 Å². The van der Waals surface area contributed by atoms with E-state index in [9.17, 15) is 0 Å². The molecule has 3 heteroatoms. The molecule has 19 heavy (non-hydrogen) atoms. The van der Waals surface area contributed by atoms with Gasteiger partial charge in [-0.1, -0.05) is 18.6 Å². The summed E-state index contributed by atoms with van der Waals surface area (Å²) in [5, 5.41) is 0. The van der Waals surface area contributed by atoms with Gasteiger partial charge in [0, 0.05) is 6.54 Å². The molecule has 1 aliphatic heterocycles. The Labute approximate surface area is 115 Å². The summed E-state index contributed by atoms with van der Waals surface area (Å²) < 4.78 is 2.28. The fourth-order valence-electron chi connectivity index (χ4n) is 2.99. The number of benzene rings is 1. The van der Waals surface area contributed by atoms with Crippen molar-refractivity contribution in [3.05, 3.63) is 30.6 Å². The topological polar surface area (TPSA) is 21.1 Å². The first kappa shape index (κ1) is 12.7. The van der Waals surface area contributed by atoms with E-state index in [2.05, 4.69) is 38.7 Å². The molecule has 2 heterocycles. The van der Waals surface area contributed by atoms with Gasteiger partial charge in [0.25, 0.3) is 0 Å². The van der Waals surface area contributed by atoms with Crippen LogP contribution in [0, 0.1) is 0 Å². The van der Waals surface area contributed by atoms with Gasteiger partial charge in [0.1, 0.15) is 0 Å². The molecule has 0 atom stereocenters. The normalized spacial score (nSPS) is 17.1. The van der Waals surface area contributed by atoms with E-state index in [1.54, 1.807) is 0 Å². The minimum absolute atomic E-state index is 1.09. The second kappa shape index (κ2) is 6.20. The van der Waals surface area contributed by atoms with Crippen molar-refractivity contribution < 1.29 is 0 Å². The van der Waals surface area contributed by atoms with E-state index >= 15 is 0 Å². The molecular weight excluding hydrogens is 234 g/mol. The lowest BCUT2D eigenvalue weighted by atomic mass is 10.1. The number of nitrogens with zero attached hydrogens (tertiary/aromatic N) is 3. The molecule has 3 nitrogen and oxygen atoms in total. The van der Waals surface area contributed by atoms with Crippen LogP contribution in [0.4, 0.5) is 0 Å². The summed E-state index contributed by atoms with van der Waals surface area (Å²) in [5.74, 6) is 0. The van der Waals surface area contributed by atoms with Crippen LogP contribution in [-0.2, 0) is 6.54 Å². The van der Waals surface area contributed by atoms with Crippen LogP contribution in [0.3, 0.4) is 0 Å². The first-order valence-corrected chi connectivity index (χ1v) is 7.56. The maximum absolute atomic E-state index is 4.44. The number of hydrogen-bond acceptors (Lipinski definition) is 2. The van der Waals surface area contributed by atoms with Gasteiger partial charge in [0.05, 0.1) is 17.4 Å². The molecule has 0 N–H and O–H groups in total. The van der Waals surface area contributed by atoms with Crippen molar-refractivity contribution in [2.45, 2.75) is 38.6 Å². The largest absolute Gasteiger partial charge is 0.331 e. The summed E-state index contributed by atoms with van der Waals surface area (Å²) in [6.07, 6.45) is 8.74. The van der Waals surface area contributed by atoms with Gasteiger partial charge < -0.3 is 9.47 Å². The predicted molar refractivity (Wildman–Crippen MR) is 79.3 cm³/mol. The Morgan fingerprint density at radius 3 is 2.63 bits per heavy atom. The van der Waals surface area contributed by atoms with Gasteiger partial charge in [-0.2, -0.15) is 0 Å². The van der Waals surface area contributed by atoms with Gasteiger partial charge in [-0.15, -0.1) is 0 Å². The highest BCUT2D eigenvalue weighted by Crippen LogP contribution is 2.13. The maximum Gasteiger partial charge on any atom is 0.0958 e. The number of aryl methyl sites for hydroxylation is 1. The smallest absolute Gasteiger partial charge is 0.0958 e. The molecule has 0 spiro atoms. The highest BCUT2D eigenvalue weighted by Gasteiger charge is 2.09. The average molecular weight is 257 g/mol. The number of rotatable bonds is 5. The van der Waals surface area contributed by atoms with Crippen LogP contribution in [-0.4, -0.2) is 34.1 Å². The number of para-hydroxylation sites is 2. The molecular formula is C16H23N3. The third-order valence-corrected chi connectivity index (χ3v) is 4.10. The van der Waals surface area contributed by atoms with Crippen LogP contribution in [0.1, 0.15) is 32.1 Å². The second-order valence-corrected chi connectivity index (χ2v) is 5.54. The second-order valence-electron chi connectivity index (χ2n) is 5.54. The summed E-state index contributed by atoms with van der Waals surface area (Å²) in [6.45, 7) is 4.99. The molecule has 1 aromatic heterocycles. The fraction of sp³-hybridized carbons (Fsp3) is 0.562. The minimum atomic E-state index is 1.09.